The summed E-state index contributed by atoms with van der Waals surface area (Å²) in [7, 11) is 0. The fraction of sp³-hybridized carbons (Fsp3) is 0. The minimum atomic E-state index is -1.96. The molecule has 3 nitrogen and oxygen atoms in total. The third kappa shape index (κ3) is 2.11. The molecule has 0 saturated heterocycles. The van der Waals surface area contributed by atoms with Gasteiger partial charge in [-0.3, -0.25) is 4.98 Å². The number of pyridine rings is 1. The van der Waals surface area contributed by atoms with Gasteiger partial charge in [0.25, 0.3) is 0 Å². The van der Waals surface area contributed by atoms with E-state index >= 15 is 0 Å². The average molecular weight is 219 g/mol. The zero-order valence-electron chi connectivity index (χ0n) is 7.83. The Morgan fingerprint density at radius 2 is 1.73 bits per heavy atom. The molecule has 1 N–H and O–H groups in total. The number of hydrogen-bond acceptors (Lipinski definition) is 2. The van der Waals surface area contributed by atoms with Crippen LogP contribution in [-0.2, 0) is 11.1 Å². The van der Waals surface area contributed by atoms with Crippen LogP contribution in [0.4, 0.5) is 0 Å². The number of nitrogens with zero attached hydrogens (tertiary/aromatic N) is 1. The summed E-state index contributed by atoms with van der Waals surface area (Å²) >= 11 is -1.96. The van der Waals surface area contributed by atoms with E-state index in [4.69, 9.17) is 4.55 Å². The van der Waals surface area contributed by atoms with E-state index in [9.17, 15) is 4.21 Å². The van der Waals surface area contributed by atoms with Crippen LogP contribution in [0.5, 0.6) is 0 Å². The van der Waals surface area contributed by atoms with Crippen molar-refractivity contribution in [3.05, 3.63) is 48.8 Å². The molecule has 2 aromatic rings. The van der Waals surface area contributed by atoms with Gasteiger partial charge >= 0.3 is 0 Å². The molecule has 0 saturated carbocycles. The maximum absolute atomic E-state index is 11.1. The SMILES string of the molecule is O=S(O)c1ccccc1-c1ccncc1. The van der Waals surface area contributed by atoms with E-state index in [1.807, 2.05) is 24.3 Å². The molecule has 0 aliphatic carbocycles. The van der Waals surface area contributed by atoms with Gasteiger partial charge in [-0.2, -0.15) is 0 Å². The molecule has 1 unspecified atom stereocenters. The molecule has 0 amide bonds. The molecule has 1 aromatic carbocycles. The molecule has 2 rings (SSSR count). The van der Waals surface area contributed by atoms with E-state index in [1.165, 1.54) is 0 Å². The Morgan fingerprint density at radius 3 is 2.40 bits per heavy atom. The lowest BCUT2D eigenvalue weighted by atomic mass is 10.1. The summed E-state index contributed by atoms with van der Waals surface area (Å²) in [4.78, 5) is 4.33. The molecule has 1 heterocycles. The average Bonchev–Trinajstić information content (AvgIpc) is 2.30. The van der Waals surface area contributed by atoms with E-state index in [2.05, 4.69) is 4.98 Å². The molecule has 76 valence electrons. The van der Waals surface area contributed by atoms with Gasteiger partial charge in [0, 0.05) is 18.0 Å². The van der Waals surface area contributed by atoms with E-state index in [1.54, 1.807) is 24.5 Å². The molecular weight excluding hydrogens is 210 g/mol. The first-order chi connectivity index (χ1) is 7.29. The molecule has 0 aliphatic rings. The van der Waals surface area contributed by atoms with Gasteiger partial charge in [0.05, 0.1) is 4.90 Å². The van der Waals surface area contributed by atoms with Crippen molar-refractivity contribution in [3.8, 4) is 11.1 Å². The summed E-state index contributed by atoms with van der Waals surface area (Å²) in [6.45, 7) is 0. The van der Waals surface area contributed by atoms with E-state index in [-0.39, 0.29) is 0 Å². The smallest absolute Gasteiger partial charge is 0.187 e. The minimum Gasteiger partial charge on any atom is -0.302 e. The third-order valence-corrected chi connectivity index (χ3v) is 2.80. The van der Waals surface area contributed by atoms with Gasteiger partial charge in [0.2, 0.25) is 0 Å². The number of aromatic nitrogens is 1. The summed E-state index contributed by atoms with van der Waals surface area (Å²) in [5, 5.41) is 0. The summed E-state index contributed by atoms with van der Waals surface area (Å²) in [5.41, 5.74) is 1.66. The Labute approximate surface area is 90.1 Å². The molecule has 0 radical (unpaired) electrons. The highest BCUT2D eigenvalue weighted by Crippen LogP contribution is 2.24. The van der Waals surface area contributed by atoms with Crippen molar-refractivity contribution in [1.82, 2.24) is 4.98 Å². The minimum absolute atomic E-state index is 0.420. The summed E-state index contributed by atoms with van der Waals surface area (Å²) in [6.07, 6.45) is 3.32. The van der Waals surface area contributed by atoms with Crippen molar-refractivity contribution in [2.45, 2.75) is 4.90 Å². The van der Waals surface area contributed by atoms with Crippen LogP contribution in [0.3, 0.4) is 0 Å². The molecule has 15 heavy (non-hydrogen) atoms. The highest BCUT2D eigenvalue weighted by atomic mass is 32.2. The highest BCUT2D eigenvalue weighted by Gasteiger charge is 2.07. The third-order valence-electron chi connectivity index (χ3n) is 2.07. The monoisotopic (exact) mass is 219 g/mol. The zero-order chi connectivity index (χ0) is 10.7. The summed E-state index contributed by atoms with van der Waals surface area (Å²) in [6, 6.07) is 10.7. The molecular formula is C11H9NO2S. The van der Waals surface area contributed by atoms with Gasteiger partial charge in [0.15, 0.2) is 11.1 Å². The standard InChI is InChI=1S/C11H9NO2S/c13-15(14)11-4-2-1-3-10(11)9-5-7-12-8-6-9/h1-8H,(H,13,14). The van der Waals surface area contributed by atoms with Gasteiger partial charge in [0.1, 0.15) is 0 Å². The Bertz CT molecular complexity index is 485. The van der Waals surface area contributed by atoms with E-state index in [0.717, 1.165) is 11.1 Å². The zero-order valence-corrected chi connectivity index (χ0v) is 8.65. The van der Waals surface area contributed by atoms with Gasteiger partial charge < -0.3 is 4.55 Å². The largest absolute Gasteiger partial charge is 0.302 e. The van der Waals surface area contributed by atoms with Crippen LogP contribution < -0.4 is 0 Å². The van der Waals surface area contributed by atoms with Crippen molar-refractivity contribution in [2.24, 2.45) is 0 Å². The molecule has 0 bridgehead atoms. The van der Waals surface area contributed by atoms with Crippen molar-refractivity contribution < 1.29 is 8.76 Å². The van der Waals surface area contributed by atoms with Gasteiger partial charge in [-0.15, -0.1) is 0 Å². The lowest BCUT2D eigenvalue weighted by molar-refractivity contribution is 0.564. The molecule has 1 atom stereocenters. The fourth-order valence-corrected chi connectivity index (χ4v) is 1.96. The number of hydrogen-bond donors (Lipinski definition) is 1. The van der Waals surface area contributed by atoms with Crippen LogP contribution in [0.1, 0.15) is 0 Å². The molecule has 0 aliphatic heterocycles. The second-order valence-electron chi connectivity index (χ2n) is 2.98. The van der Waals surface area contributed by atoms with Crippen molar-refractivity contribution in [1.29, 1.82) is 0 Å². The van der Waals surface area contributed by atoms with Crippen molar-refractivity contribution in [2.75, 3.05) is 0 Å². The normalized spacial score (nSPS) is 12.3. The van der Waals surface area contributed by atoms with Crippen LogP contribution in [-0.4, -0.2) is 13.7 Å². The first kappa shape index (κ1) is 10.0. The highest BCUT2D eigenvalue weighted by molar-refractivity contribution is 7.79. The predicted octanol–water partition coefficient (Wildman–Crippen LogP) is 2.33. The second-order valence-corrected chi connectivity index (χ2v) is 3.92. The predicted molar refractivity (Wildman–Crippen MR) is 58.7 cm³/mol. The first-order valence-corrected chi connectivity index (χ1v) is 5.50. The van der Waals surface area contributed by atoms with Gasteiger partial charge in [-0.05, 0) is 23.8 Å². The maximum Gasteiger partial charge on any atom is 0.187 e. The van der Waals surface area contributed by atoms with Crippen LogP contribution in [0.15, 0.2) is 53.7 Å². The summed E-state index contributed by atoms with van der Waals surface area (Å²) < 4.78 is 20.2. The van der Waals surface area contributed by atoms with Crippen molar-refractivity contribution in [3.63, 3.8) is 0 Å². The Morgan fingerprint density at radius 1 is 1.07 bits per heavy atom. The van der Waals surface area contributed by atoms with Crippen LogP contribution in [0.2, 0.25) is 0 Å². The van der Waals surface area contributed by atoms with E-state index in [0.29, 0.717) is 4.90 Å². The van der Waals surface area contributed by atoms with Crippen molar-refractivity contribution >= 4 is 11.1 Å². The quantitative estimate of drug-likeness (QED) is 0.789. The summed E-state index contributed by atoms with van der Waals surface area (Å²) in [5.74, 6) is 0. The maximum atomic E-state index is 11.1. The first-order valence-electron chi connectivity index (χ1n) is 4.39. The van der Waals surface area contributed by atoms with Crippen LogP contribution in [0.25, 0.3) is 11.1 Å². The molecule has 0 spiro atoms. The second kappa shape index (κ2) is 4.33. The lowest BCUT2D eigenvalue weighted by Gasteiger charge is -2.05. The fourth-order valence-electron chi connectivity index (χ4n) is 1.39. The lowest BCUT2D eigenvalue weighted by Crippen LogP contribution is -1.92. The van der Waals surface area contributed by atoms with E-state index < -0.39 is 11.1 Å². The van der Waals surface area contributed by atoms with Crippen LogP contribution in [0, 0.1) is 0 Å². The van der Waals surface area contributed by atoms with Crippen LogP contribution >= 0.6 is 0 Å². The molecule has 4 heteroatoms. The number of rotatable bonds is 2. The Hall–Kier alpha value is -1.52. The van der Waals surface area contributed by atoms with Gasteiger partial charge in [-0.25, -0.2) is 4.21 Å². The Kier molecular flexibility index (Phi) is 2.89. The molecule has 1 aromatic heterocycles. The van der Waals surface area contributed by atoms with Gasteiger partial charge in [-0.1, -0.05) is 18.2 Å². The number of benzene rings is 1. The Balaban J connectivity index is 2.58. The molecule has 0 fully saturated rings. The topological polar surface area (TPSA) is 50.2 Å².